The number of nitriles is 1. The lowest BCUT2D eigenvalue weighted by Gasteiger charge is -2.02. The van der Waals surface area contributed by atoms with Crippen molar-refractivity contribution in [1.29, 1.82) is 5.26 Å². The summed E-state index contributed by atoms with van der Waals surface area (Å²) < 4.78 is 5.49. The molecule has 0 N–H and O–H groups in total. The van der Waals surface area contributed by atoms with Crippen LogP contribution in [0.1, 0.15) is 22.5 Å². The van der Waals surface area contributed by atoms with Crippen molar-refractivity contribution in [3.63, 3.8) is 0 Å². The minimum Gasteiger partial charge on any atom is -0.445 e. The van der Waals surface area contributed by atoms with Gasteiger partial charge < -0.3 is 4.42 Å². The van der Waals surface area contributed by atoms with E-state index < -0.39 is 0 Å². The summed E-state index contributed by atoms with van der Waals surface area (Å²) in [6, 6.07) is 18.6. The maximum Gasteiger partial charge on any atom is 0.207 e. The summed E-state index contributed by atoms with van der Waals surface area (Å²) in [4.78, 5) is 0. The molecule has 1 aromatic heterocycles. The summed E-state index contributed by atoms with van der Waals surface area (Å²) in [5, 5.41) is 10.0. The van der Waals surface area contributed by atoms with E-state index in [1.807, 2.05) is 31.2 Å². The highest BCUT2D eigenvalue weighted by Gasteiger charge is 2.10. The fraction of sp³-hybridized carbons (Fsp3) is 0.118. The van der Waals surface area contributed by atoms with Gasteiger partial charge in [0.25, 0.3) is 0 Å². The molecule has 3 aromatic rings. The number of fused-ring (bicyclic) bond motifs is 1. The van der Waals surface area contributed by atoms with Gasteiger partial charge in [-0.25, -0.2) is 0 Å². The van der Waals surface area contributed by atoms with E-state index in [9.17, 15) is 0 Å². The Morgan fingerprint density at radius 3 is 2.58 bits per heavy atom. The smallest absolute Gasteiger partial charge is 0.207 e. The summed E-state index contributed by atoms with van der Waals surface area (Å²) in [6.07, 6.45) is 0.892. The number of furan rings is 1. The van der Waals surface area contributed by atoms with Crippen LogP contribution < -0.4 is 0 Å². The Hall–Kier alpha value is -2.53. The molecule has 0 aliphatic rings. The number of hydrogen-bond donors (Lipinski definition) is 0. The molecule has 0 saturated heterocycles. The minimum absolute atomic E-state index is 0.409. The van der Waals surface area contributed by atoms with Gasteiger partial charge in [-0.3, -0.25) is 0 Å². The first-order chi connectivity index (χ1) is 9.28. The zero-order chi connectivity index (χ0) is 13.2. The number of nitrogens with zero attached hydrogens (tertiary/aromatic N) is 1. The highest BCUT2D eigenvalue weighted by molar-refractivity contribution is 5.83. The summed E-state index contributed by atoms with van der Waals surface area (Å²) in [6.45, 7) is 1.93. The third kappa shape index (κ3) is 2.11. The van der Waals surface area contributed by atoms with Crippen LogP contribution in [0.2, 0.25) is 0 Å². The maximum atomic E-state index is 8.98. The van der Waals surface area contributed by atoms with Gasteiger partial charge in [-0.15, -0.1) is 0 Å². The molecule has 19 heavy (non-hydrogen) atoms. The van der Waals surface area contributed by atoms with Gasteiger partial charge >= 0.3 is 0 Å². The number of rotatable bonds is 2. The van der Waals surface area contributed by atoms with Crippen molar-refractivity contribution < 1.29 is 4.42 Å². The van der Waals surface area contributed by atoms with Crippen molar-refractivity contribution in [2.24, 2.45) is 0 Å². The Kier molecular flexibility index (Phi) is 2.81. The maximum absolute atomic E-state index is 8.98. The topological polar surface area (TPSA) is 36.9 Å². The van der Waals surface area contributed by atoms with Crippen LogP contribution in [0.3, 0.4) is 0 Å². The van der Waals surface area contributed by atoms with E-state index in [0.717, 1.165) is 23.0 Å². The first-order valence-electron chi connectivity index (χ1n) is 6.24. The third-order valence-electron chi connectivity index (χ3n) is 3.35. The van der Waals surface area contributed by atoms with Gasteiger partial charge in [-0.2, -0.15) is 5.26 Å². The Labute approximate surface area is 111 Å². The molecule has 1 heterocycles. The quantitative estimate of drug-likeness (QED) is 0.680. The van der Waals surface area contributed by atoms with Gasteiger partial charge in [0, 0.05) is 10.9 Å². The van der Waals surface area contributed by atoms with E-state index in [0.29, 0.717) is 5.76 Å². The van der Waals surface area contributed by atoms with E-state index >= 15 is 0 Å². The van der Waals surface area contributed by atoms with Crippen molar-refractivity contribution in [3.05, 3.63) is 71.0 Å². The Morgan fingerprint density at radius 2 is 1.84 bits per heavy atom. The summed E-state index contributed by atoms with van der Waals surface area (Å²) in [5.41, 5.74) is 4.22. The predicted molar refractivity (Wildman–Crippen MR) is 74.9 cm³/mol. The van der Waals surface area contributed by atoms with Gasteiger partial charge in [-0.05, 0) is 36.6 Å². The van der Waals surface area contributed by atoms with Gasteiger partial charge in [-0.1, -0.05) is 36.4 Å². The van der Waals surface area contributed by atoms with Gasteiger partial charge in [0.1, 0.15) is 11.7 Å². The number of hydrogen-bond acceptors (Lipinski definition) is 2. The van der Waals surface area contributed by atoms with Crippen LogP contribution in [0.15, 0.2) is 52.9 Å². The number of benzene rings is 2. The molecule has 0 spiro atoms. The molecule has 0 unspecified atom stereocenters. The standard InChI is InChI=1S/C17H13NO/c1-12-15-10-14(9-13-5-3-2-4-6-13)7-8-16(15)19-17(12)11-18/h2-8,10H,9H2,1H3. The van der Waals surface area contributed by atoms with Crippen molar-refractivity contribution in [2.45, 2.75) is 13.3 Å². The Morgan fingerprint density at radius 1 is 1.05 bits per heavy atom. The molecule has 2 nitrogen and oxygen atoms in total. The summed E-state index contributed by atoms with van der Waals surface area (Å²) in [5.74, 6) is 0.409. The lowest BCUT2D eigenvalue weighted by molar-refractivity contribution is 0.596. The second-order valence-electron chi connectivity index (χ2n) is 4.66. The molecule has 0 amide bonds. The fourth-order valence-electron chi connectivity index (χ4n) is 2.32. The van der Waals surface area contributed by atoms with E-state index in [2.05, 4.69) is 30.3 Å². The second-order valence-corrected chi connectivity index (χ2v) is 4.66. The summed E-state index contributed by atoms with van der Waals surface area (Å²) >= 11 is 0. The molecule has 0 aliphatic carbocycles. The molecule has 2 aromatic carbocycles. The normalized spacial score (nSPS) is 10.5. The van der Waals surface area contributed by atoms with Crippen LogP contribution in [0.4, 0.5) is 0 Å². The summed E-state index contributed by atoms with van der Waals surface area (Å²) in [7, 11) is 0. The lowest BCUT2D eigenvalue weighted by Crippen LogP contribution is -1.87. The zero-order valence-electron chi connectivity index (χ0n) is 10.7. The molecular formula is C17H13NO. The van der Waals surface area contributed by atoms with Crippen LogP contribution in [-0.4, -0.2) is 0 Å². The molecule has 0 aliphatic heterocycles. The molecule has 0 bridgehead atoms. The van der Waals surface area contributed by atoms with Crippen molar-refractivity contribution in [2.75, 3.05) is 0 Å². The van der Waals surface area contributed by atoms with Crippen LogP contribution in [0, 0.1) is 18.3 Å². The minimum atomic E-state index is 0.409. The van der Waals surface area contributed by atoms with Gasteiger partial charge in [0.2, 0.25) is 5.76 Å². The van der Waals surface area contributed by atoms with E-state index in [1.54, 1.807) is 0 Å². The van der Waals surface area contributed by atoms with Crippen molar-refractivity contribution in [3.8, 4) is 6.07 Å². The Balaban J connectivity index is 2.02. The molecule has 2 heteroatoms. The first-order valence-corrected chi connectivity index (χ1v) is 6.24. The Bertz CT molecular complexity index is 763. The first kappa shape index (κ1) is 11.6. The molecule has 0 atom stereocenters. The molecule has 3 rings (SSSR count). The van der Waals surface area contributed by atoms with Crippen LogP contribution in [0.25, 0.3) is 11.0 Å². The monoisotopic (exact) mass is 247 g/mol. The van der Waals surface area contributed by atoms with Crippen molar-refractivity contribution >= 4 is 11.0 Å². The van der Waals surface area contributed by atoms with E-state index in [-0.39, 0.29) is 0 Å². The van der Waals surface area contributed by atoms with Crippen LogP contribution >= 0.6 is 0 Å². The lowest BCUT2D eigenvalue weighted by atomic mass is 10.0. The van der Waals surface area contributed by atoms with Gasteiger partial charge in [0.05, 0.1) is 0 Å². The predicted octanol–water partition coefficient (Wildman–Crippen LogP) is 4.20. The SMILES string of the molecule is Cc1c(C#N)oc2ccc(Cc3ccccc3)cc12. The van der Waals surface area contributed by atoms with Crippen LogP contribution in [0.5, 0.6) is 0 Å². The molecule has 0 radical (unpaired) electrons. The average Bonchev–Trinajstić information content (AvgIpc) is 2.77. The van der Waals surface area contributed by atoms with Crippen LogP contribution in [-0.2, 0) is 6.42 Å². The second kappa shape index (κ2) is 4.62. The fourth-order valence-corrected chi connectivity index (χ4v) is 2.32. The zero-order valence-corrected chi connectivity index (χ0v) is 10.7. The van der Waals surface area contributed by atoms with Gasteiger partial charge in [0.15, 0.2) is 0 Å². The van der Waals surface area contributed by atoms with E-state index in [4.69, 9.17) is 9.68 Å². The highest BCUT2D eigenvalue weighted by atomic mass is 16.3. The largest absolute Gasteiger partial charge is 0.445 e. The average molecular weight is 247 g/mol. The van der Waals surface area contributed by atoms with E-state index in [1.165, 1.54) is 11.1 Å². The highest BCUT2D eigenvalue weighted by Crippen LogP contribution is 2.26. The molecule has 92 valence electrons. The molecule has 0 saturated carbocycles. The molecular weight excluding hydrogens is 234 g/mol. The van der Waals surface area contributed by atoms with Crippen molar-refractivity contribution in [1.82, 2.24) is 0 Å². The number of aryl methyl sites for hydroxylation is 1. The third-order valence-corrected chi connectivity index (χ3v) is 3.35. The molecule has 0 fully saturated rings.